The Morgan fingerprint density at radius 2 is 1.76 bits per heavy atom. The predicted octanol–water partition coefficient (Wildman–Crippen LogP) is 2.68. The molecule has 1 fully saturated rings. The molecule has 0 unspecified atom stereocenters. The van der Waals surface area contributed by atoms with Gasteiger partial charge in [-0.3, -0.25) is 9.69 Å². The number of carbonyl (C=O) groups is 2. The minimum absolute atomic E-state index is 0.145. The first-order valence-corrected chi connectivity index (χ1v) is 9.69. The third-order valence-electron chi connectivity index (χ3n) is 5.01. The Morgan fingerprint density at radius 1 is 1.10 bits per heavy atom. The number of amides is 3. The maximum absolute atomic E-state index is 12.3. The Kier molecular flexibility index (Phi) is 6.72. The fourth-order valence-corrected chi connectivity index (χ4v) is 3.42. The number of nitrogens with zero attached hydrogens (tertiary/aromatic N) is 2. The molecule has 1 atom stereocenters. The quantitative estimate of drug-likeness (QED) is 0.787. The number of likely N-dealkylation sites (N-methyl/N-ethyl adjacent to an activating group) is 1. The van der Waals surface area contributed by atoms with Crippen molar-refractivity contribution < 1.29 is 14.3 Å². The molecular formula is C22H28N4O3. The van der Waals surface area contributed by atoms with Gasteiger partial charge in [0.2, 0.25) is 5.91 Å². The number of piperazine rings is 1. The third-order valence-corrected chi connectivity index (χ3v) is 5.01. The summed E-state index contributed by atoms with van der Waals surface area (Å²) < 4.78 is 5.12. The average Bonchev–Trinajstić information content (AvgIpc) is 2.70. The van der Waals surface area contributed by atoms with E-state index in [-0.39, 0.29) is 18.0 Å². The lowest BCUT2D eigenvalue weighted by Crippen LogP contribution is -2.53. The molecule has 2 N–H and O–H groups in total. The van der Waals surface area contributed by atoms with Crippen LogP contribution in [-0.2, 0) is 17.9 Å². The Labute approximate surface area is 171 Å². The van der Waals surface area contributed by atoms with Crippen molar-refractivity contribution in [3.63, 3.8) is 0 Å². The van der Waals surface area contributed by atoms with Crippen molar-refractivity contribution in [1.82, 2.24) is 15.1 Å². The lowest BCUT2D eigenvalue weighted by molar-refractivity contribution is -0.139. The Morgan fingerprint density at radius 3 is 2.38 bits per heavy atom. The van der Waals surface area contributed by atoms with Crippen LogP contribution < -0.4 is 15.4 Å². The molecule has 29 heavy (non-hydrogen) atoms. The maximum Gasteiger partial charge on any atom is 0.319 e. The van der Waals surface area contributed by atoms with E-state index in [4.69, 9.17) is 4.74 Å². The van der Waals surface area contributed by atoms with Crippen LogP contribution in [0, 0.1) is 0 Å². The SMILES string of the molecule is COc1ccc(CNC(=O)Nc2ccc(CN3C(=O)CN(C)C[C@@H]3C)cc2)cc1. The van der Waals surface area contributed by atoms with E-state index in [9.17, 15) is 9.59 Å². The van der Waals surface area contributed by atoms with Crippen molar-refractivity contribution in [2.45, 2.75) is 26.1 Å². The summed E-state index contributed by atoms with van der Waals surface area (Å²) in [6, 6.07) is 15.1. The minimum Gasteiger partial charge on any atom is -0.497 e. The second kappa shape index (κ2) is 9.43. The van der Waals surface area contributed by atoms with E-state index in [1.54, 1.807) is 7.11 Å². The minimum atomic E-state index is -0.267. The van der Waals surface area contributed by atoms with E-state index in [0.29, 0.717) is 25.3 Å². The lowest BCUT2D eigenvalue weighted by atomic mass is 10.1. The van der Waals surface area contributed by atoms with Gasteiger partial charge in [0, 0.05) is 31.4 Å². The summed E-state index contributed by atoms with van der Waals surface area (Å²) in [4.78, 5) is 28.3. The maximum atomic E-state index is 12.3. The fraction of sp³-hybridized carbons (Fsp3) is 0.364. The molecule has 3 amide bonds. The predicted molar refractivity (Wildman–Crippen MR) is 113 cm³/mol. The number of rotatable bonds is 6. The van der Waals surface area contributed by atoms with Gasteiger partial charge >= 0.3 is 6.03 Å². The second-order valence-electron chi connectivity index (χ2n) is 7.42. The van der Waals surface area contributed by atoms with Crippen LogP contribution in [0.4, 0.5) is 10.5 Å². The van der Waals surface area contributed by atoms with Gasteiger partial charge in [-0.25, -0.2) is 4.79 Å². The number of benzene rings is 2. The summed E-state index contributed by atoms with van der Waals surface area (Å²) in [6.45, 7) is 4.41. The topological polar surface area (TPSA) is 73.9 Å². The monoisotopic (exact) mass is 396 g/mol. The first kappa shape index (κ1) is 20.7. The van der Waals surface area contributed by atoms with Crippen molar-refractivity contribution in [2.24, 2.45) is 0 Å². The summed E-state index contributed by atoms with van der Waals surface area (Å²) in [5.41, 5.74) is 2.74. The number of hydrogen-bond acceptors (Lipinski definition) is 4. The highest BCUT2D eigenvalue weighted by Gasteiger charge is 2.27. The van der Waals surface area contributed by atoms with E-state index in [1.807, 2.05) is 65.4 Å². The highest BCUT2D eigenvalue weighted by molar-refractivity contribution is 5.89. The number of hydrogen-bond donors (Lipinski definition) is 2. The number of ether oxygens (including phenoxy) is 1. The van der Waals surface area contributed by atoms with Crippen molar-refractivity contribution in [3.8, 4) is 5.75 Å². The number of methoxy groups -OCH3 is 1. The fourth-order valence-electron chi connectivity index (χ4n) is 3.42. The zero-order valence-electron chi connectivity index (χ0n) is 17.1. The molecule has 1 saturated heterocycles. The van der Waals surface area contributed by atoms with Gasteiger partial charge in [-0.2, -0.15) is 0 Å². The van der Waals surface area contributed by atoms with Crippen LogP contribution in [0.25, 0.3) is 0 Å². The first-order chi connectivity index (χ1) is 13.9. The van der Waals surface area contributed by atoms with Gasteiger partial charge in [0.05, 0.1) is 13.7 Å². The smallest absolute Gasteiger partial charge is 0.319 e. The number of urea groups is 1. The molecule has 154 valence electrons. The molecule has 0 aromatic heterocycles. The van der Waals surface area contributed by atoms with Crippen molar-refractivity contribution in [2.75, 3.05) is 32.6 Å². The van der Waals surface area contributed by atoms with Crippen LogP contribution in [-0.4, -0.2) is 55.0 Å². The van der Waals surface area contributed by atoms with Crippen LogP contribution in [0.15, 0.2) is 48.5 Å². The highest BCUT2D eigenvalue weighted by Crippen LogP contribution is 2.16. The van der Waals surface area contributed by atoms with Crippen LogP contribution >= 0.6 is 0 Å². The van der Waals surface area contributed by atoms with Crippen LogP contribution in [0.3, 0.4) is 0 Å². The summed E-state index contributed by atoms with van der Waals surface area (Å²) in [5, 5.41) is 5.66. The summed E-state index contributed by atoms with van der Waals surface area (Å²) in [7, 11) is 3.58. The van der Waals surface area contributed by atoms with E-state index < -0.39 is 0 Å². The van der Waals surface area contributed by atoms with Gasteiger partial charge in [-0.05, 0) is 49.4 Å². The van der Waals surface area contributed by atoms with Crippen LogP contribution in [0.1, 0.15) is 18.1 Å². The van der Waals surface area contributed by atoms with Gasteiger partial charge in [-0.1, -0.05) is 24.3 Å². The average molecular weight is 396 g/mol. The van der Waals surface area contributed by atoms with Gasteiger partial charge in [0.25, 0.3) is 0 Å². The summed E-state index contributed by atoms with van der Waals surface area (Å²) in [6.07, 6.45) is 0. The third kappa shape index (κ3) is 5.71. The molecule has 1 heterocycles. The molecule has 2 aromatic rings. The molecule has 1 aliphatic rings. The van der Waals surface area contributed by atoms with E-state index >= 15 is 0 Å². The van der Waals surface area contributed by atoms with Crippen LogP contribution in [0.5, 0.6) is 5.75 Å². The number of nitrogens with one attached hydrogen (secondary N) is 2. The van der Waals surface area contributed by atoms with Gasteiger partial charge < -0.3 is 20.3 Å². The Balaban J connectivity index is 1.49. The number of carbonyl (C=O) groups excluding carboxylic acids is 2. The first-order valence-electron chi connectivity index (χ1n) is 9.69. The van der Waals surface area contributed by atoms with Gasteiger partial charge in [-0.15, -0.1) is 0 Å². The van der Waals surface area contributed by atoms with Crippen molar-refractivity contribution in [3.05, 3.63) is 59.7 Å². The zero-order chi connectivity index (χ0) is 20.8. The van der Waals surface area contributed by atoms with Gasteiger partial charge in [0.15, 0.2) is 0 Å². The molecular weight excluding hydrogens is 368 g/mol. The zero-order valence-corrected chi connectivity index (χ0v) is 17.1. The largest absolute Gasteiger partial charge is 0.497 e. The van der Waals surface area contributed by atoms with E-state index in [0.717, 1.165) is 23.4 Å². The Bertz CT molecular complexity index is 836. The normalized spacial score (nSPS) is 17.1. The lowest BCUT2D eigenvalue weighted by Gasteiger charge is -2.38. The molecule has 7 heteroatoms. The molecule has 0 bridgehead atoms. The van der Waals surface area contributed by atoms with Crippen molar-refractivity contribution in [1.29, 1.82) is 0 Å². The van der Waals surface area contributed by atoms with Crippen molar-refractivity contribution >= 4 is 17.6 Å². The molecule has 7 nitrogen and oxygen atoms in total. The van der Waals surface area contributed by atoms with Gasteiger partial charge in [0.1, 0.15) is 5.75 Å². The molecule has 2 aromatic carbocycles. The molecule has 0 radical (unpaired) electrons. The van der Waals surface area contributed by atoms with E-state index in [1.165, 1.54) is 0 Å². The Hall–Kier alpha value is -3.06. The molecule has 0 spiro atoms. The summed E-state index contributed by atoms with van der Waals surface area (Å²) >= 11 is 0. The summed E-state index contributed by atoms with van der Waals surface area (Å²) in [5.74, 6) is 0.928. The van der Waals surface area contributed by atoms with E-state index in [2.05, 4.69) is 17.6 Å². The second-order valence-corrected chi connectivity index (χ2v) is 7.42. The number of anilines is 1. The standard InChI is InChI=1S/C22H28N4O3/c1-16-13-25(2)15-21(27)26(16)14-18-4-8-19(9-5-18)24-22(28)23-12-17-6-10-20(29-3)11-7-17/h4-11,16H,12-15H2,1-3H3,(H2,23,24,28)/t16-/m0/s1. The molecule has 1 aliphatic heterocycles. The molecule has 0 saturated carbocycles. The highest BCUT2D eigenvalue weighted by atomic mass is 16.5. The molecule has 3 rings (SSSR count). The molecule has 0 aliphatic carbocycles. The van der Waals surface area contributed by atoms with Crippen LogP contribution in [0.2, 0.25) is 0 Å².